The number of nitrogens with one attached hydrogen (secondary N) is 2. The topological polar surface area (TPSA) is 59.0 Å². The van der Waals surface area contributed by atoms with E-state index in [4.69, 9.17) is 4.74 Å². The van der Waals surface area contributed by atoms with E-state index in [1.165, 1.54) is 0 Å². The number of rotatable bonds is 1. The highest BCUT2D eigenvalue weighted by Gasteiger charge is 2.24. The quantitative estimate of drug-likeness (QED) is 0.672. The number of fused-ring (bicyclic) bond motifs is 1. The van der Waals surface area contributed by atoms with E-state index in [9.17, 15) is 4.79 Å². The van der Waals surface area contributed by atoms with Gasteiger partial charge in [0.1, 0.15) is 0 Å². The van der Waals surface area contributed by atoms with E-state index in [0.717, 1.165) is 37.2 Å². The summed E-state index contributed by atoms with van der Waals surface area (Å²) in [5.74, 6) is 0. The van der Waals surface area contributed by atoms with Crippen molar-refractivity contribution in [2.75, 3.05) is 19.7 Å². The molecule has 3 rings (SSSR count). The van der Waals surface area contributed by atoms with Gasteiger partial charge >= 0.3 is 0 Å². The standard InChI is InChI=1S/C10H15N3O2/c14-10-8-2-4-15-6-9(8)12-13(10)7-1-3-11-5-7/h7,11-12H,1-6H2. The van der Waals surface area contributed by atoms with E-state index >= 15 is 0 Å². The lowest BCUT2D eigenvalue weighted by atomic mass is 10.1. The van der Waals surface area contributed by atoms with Gasteiger partial charge in [0.25, 0.3) is 5.56 Å². The van der Waals surface area contributed by atoms with E-state index < -0.39 is 0 Å². The number of aromatic amines is 1. The fraction of sp³-hybridized carbons (Fsp3) is 0.700. The molecule has 82 valence electrons. The molecule has 1 unspecified atom stereocenters. The first-order valence-electron chi connectivity index (χ1n) is 5.47. The summed E-state index contributed by atoms with van der Waals surface area (Å²) in [4.78, 5) is 12.0. The Kier molecular flexibility index (Phi) is 2.14. The lowest BCUT2D eigenvalue weighted by molar-refractivity contribution is 0.107. The van der Waals surface area contributed by atoms with Crippen LogP contribution in [-0.4, -0.2) is 29.5 Å². The molecule has 3 heterocycles. The van der Waals surface area contributed by atoms with E-state index in [2.05, 4.69) is 10.4 Å². The molecule has 1 aromatic heterocycles. The highest BCUT2D eigenvalue weighted by atomic mass is 16.5. The van der Waals surface area contributed by atoms with Gasteiger partial charge in [0.05, 0.1) is 24.9 Å². The Labute approximate surface area is 87.4 Å². The van der Waals surface area contributed by atoms with Crippen LogP contribution in [0.4, 0.5) is 0 Å². The summed E-state index contributed by atoms with van der Waals surface area (Å²) in [6.07, 6.45) is 1.78. The molecule has 2 aliphatic rings. The molecule has 0 saturated carbocycles. The van der Waals surface area contributed by atoms with Gasteiger partial charge in [0.2, 0.25) is 0 Å². The van der Waals surface area contributed by atoms with Gasteiger partial charge in [-0.1, -0.05) is 0 Å². The Morgan fingerprint density at radius 3 is 3.13 bits per heavy atom. The molecular weight excluding hydrogens is 194 g/mol. The zero-order chi connectivity index (χ0) is 10.3. The second-order valence-electron chi connectivity index (χ2n) is 4.19. The number of hydrogen-bond acceptors (Lipinski definition) is 3. The molecule has 5 nitrogen and oxygen atoms in total. The van der Waals surface area contributed by atoms with Crippen molar-refractivity contribution < 1.29 is 4.74 Å². The third kappa shape index (κ3) is 1.42. The lowest BCUT2D eigenvalue weighted by Gasteiger charge is -2.09. The molecule has 0 aromatic carbocycles. The Morgan fingerprint density at radius 2 is 2.40 bits per heavy atom. The number of hydrogen-bond donors (Lipinski definition) is 2. The van der Waals surface area contributed by atoms with Crippen LogP contribution in [0.1, 0.15) is 23.7 Å². The minimum Gasteiger partial charge on any atom is -0.375 e. The van der Waals surface area contributed by atoms with Crippen LogP contribution in [0.25, 0.3) is 0 Å². The summed E-state index contributed by atoms with van der Waals surface area (Å²) in [5.41, 5.74) is 2.05. The van der Waals surface area contributed by atoms with Crippen LogP contribution in [0, 0.1) is 0 Å². The Morgan fingerprint density at radius 1 is 1.47 bits per heavy atom. The molecule has 1 fully saturated rings. The highest BCUT2D eigenvalue weighted by Crippen LogP contribution is 2.16. The van der Waals surface area contributed by atoms with E-state index in [-0.39, 0.29) is 5.56 Å². The maximum atomic E-state index is 12.0. The van der Waals surface area contributed by atoms with Crippen molar-refractivity contribution in [3.05, 3.63) is 21.6 Å². The van der Waals surface area contributed by atoms with Crippen LogP contribution < -0.4 is 10.9 Å². The van der Waals surface area contributed by atoms with Gasteiger partial charge in [-0.05, 0) is 13.0 Å². The predicted octanol–water partition coefficient (Wildman–Crippen LogP) is -0.217. The maximum Gasteiger partial charge on any atom is 0.270 e. The first kappa shape index (κ1) is 9.18. The van der Waals surface area contributed by atoms with Gasteiger partial charge in [0, 0.05) is 18.5 Å². The minimum absolute atomic E-state index is 0.155. The summed E-state index contributed by atoms with van der Waals surface area (Å²) in [7, 11) is 0. The van der Waals surface area contributed by atoms with Crippen LogP contribution in [0.3, 0.4) is 0 Å². The summed E-state index contributed by atoms with van der Waals surface area (Å²) in [5, 5.41) is 6.45. The molecule has 15 heavy (non-hydrogen) atoms. The van der Waals surface area contributed by atoms with Crippen molar-refractivity contribution in [2.45, 2.75) is 25.5 Å². The molecule has 0 aliphatic carbocycles. The SMILES string of the molecule is O=c1c2c([nH]n1C1CCNC1)COCC2. The summed E-state index contributed by atoms with van der Waals surface area (Å²) < 4.78 is 7.10. The van der Waals surface area contributed by atoms with Crippen molar-refractivity contribution in [3.63, 3.8) is 0 Å². The molecule has 2 N–H and O–H groups in total. The summed E-state index contributed by atoms with van der Waals surface area (Å²) in [6, 6.07) is 0.295. The van der Waals surface area contributed by atoms with Crippen LogP contribution in [0.2, 0.25) is 0 Å². The molecule has 5 heteroatoms. The molecule has 0 bridgehead atoms. The normalized spacial score (nSPS) is 25.5. The zero-order valence-electron chi connectivity index (χ0n) is 8.58. The second-order valence-corrected chi connectivity index (χ2v) is 4.19. The van der Waals surface area contributed by atoms with Gasteiger partial charge in [0.15, 0.2) is 0 Å². The Balaban J connectivity index is 2.01. The van der Waals surface area contributed by atoms with Crippen LogP contribution in [0.15, 0.2) is 4.79 Å². The van der Waals surface area contributed by atoms with Gasteiger partial charge < -0.3 is 10.1 Å². The molecule has 0 radical (unpaired) electrons. The number of aromatic nitrogens is 2. The first-order chi connectivity index (χ1) is 7.36. The Bertz CT molecular complexity index is 415. The molecule has 0 amide bonds. The lowest BCUT2D eigenvalue weighted by Crippen LogP contribution is -2.26. The van der Waals surface area contributed by atoms with Crippen LogP contribution in [0.5, 0.6) is 0 Å². The van der Waals surface area contributed by atoms with Crippen molar-refractivity contribution in [1.82, 2.24) is 15.1 Å². The average Bonchev–Trinajstić information content (AvgIpc) is 2.87. The molecule has 1 atom stereocenters. The molecular formula is C10H15N3O2. The largest absolute Gasteiger partial charge is 0.375 e. The summed E-state index contributed by atoms with van der Waals surface area (Å²) >= 11 is 0. The van der Waals surface area contributed by atoms with Crippen molar-refractivity contribution in [1.29, 1.82) is 0 Å². The van der Waals surface area contributed by atoms with Crippen LogP contribution >= 0.6 is 0 Å². The van der Waals surface area contributed by atoms with Gasteiger partial charge in [-0.2, -0.15) is 0 Å². The Hall–Kier alpha value is -1.07. The monoisotopic (exact) mass is 209 g/mol. The van der Waals surface area contributed by atoms with Crippen LogP contribution in [-0.2, 0) is 17.8 Å². The number of nitrogens with zero attached hydrogens (tertiary/aromatic N) is 1. The maximum absolute atomic E-state index is 12.0. The predicted molar refractivity (Wildman–Crippen MR) is 54.9 cm³/mol. The van der Waals surface area contributed by atoms with Crippen molar-refractivity contribution in [3.8, 4) is 0 Å². The molecule has 2 aliphatic heterocycles. The smallest absolute Gasteiger partial charge is 0.270 e. The van der Waals surface area contributed by atoms with Gasteiger partial charge in [-0.3, -0.25) is 9.89 Å². The third-order valence-corrected chi connectivity index (χ3v) is 3.24. The van der Waals surface area contributed by atoms with Crippen molar-refractivity contribution >= 4 is 0 Å². The average molecular weight is 209 g/mol. The molecule has 1 saturated heterocycles. The number of ether oxygens (including phenoxy) is 1. The fourth-order valence-corrected chi connectivity index (χ4v) is 2.38. The van der Waals surface area contributed by atoms with E-state index in [1.807, 2.05) is 0 Å². The minimum atomic E-state index is 0.155. The highest BCUT2D eigenvalue weighted by molar-refractivity contribution is 5.19. The van der Waals surface area contributed by atoms with E-state index in [1.54, 1.807) is 4.68 Å². The van der Waals surface area contributed by atoms with Gasteiger partial charge in [-0.15, -0.1) is 0 Å². The van der Waals surface area contributed by atoms with Gasteiger partial charge in [-0.25, -0.2) is 4.68 Å². The van der Waals surface area contributed by atoms with Crippen molar-refractivity contribution in [2.24, 2.45) is 0 Å². The molecule has 0 spiro atoms. The first-order valence-corrected chi connectivity index (χ1v) is 5.47. The summed E-state index contributed by atoms with van der Waals surface area (Å²) in [6.45, 7) is 3.11. The zero-order valence-corrected chi connectivity index (χ0v) is 8.58. The second kappa shape index (κ2) is 3.50. The molecule has 1 aromatic rings. The number of H-pyrrole nitrogens is 1. The van der Waals surface area contributed by atoms with E-state index in [0.29, 0.717) is 19.3 Å². The fourth-order valence-electron chi connectivity index (χ4n) is 2.38. The third-order valence-electron chi connectivity index (χ3n) is 3.24.